The Morgan fingerprint density at radius 2 is 2.04 bits per heavy atom. The molecule has 0 aliphatic carbocycles. The first-order valence-electron chi connectivity index (χ1n) is 10.0. The van der Waals surface area contributed by atoms with Gasteiger partial charge in [0.2, 0.25) is 0 Å². The number of aromatic amines is 1. The number of rotatable bonds is 6. The number of hydrogen-bond donors (Lipinski definition) is 2. The summed E-state index contributed by atoms with van der Waals surface area (Å²) in [5, 5.41) is 4.09. The Balaban J connectivity index is 1.82. The number of carbonyl (C=O) groups excluding carboxylic acids is 1. The number of fused-ring (bicyclic) bond motifs is 1. The third-order valence-corrected chi connectivity index (χ3v) is 6.49. The van der Waals surface area contributed by atoms with Gasteiger partial charge in [0.15, 0.2) is 0 Å². The highest BCUT2D eigenvalue weighted by molar-refractivity contribution is 7.20. The van der Waals surface area contributed by atoms with Crippen LogP contribution in [0.3, 0.4) is 0 Å². The zero-order valence-electron chi connectivity index (χ0n) is 17.3. The van der Waals surface area contributed by atoms with Gasteiger partial charge in [-0.1, -0.05) is 13.8 Å². The van der Waals surface area contributed by atoms with Crippen molar-refractivity contribution in [2.24, 2.45) is 0 Å². The molecule has 1 aliphatic heterocycles. The molecule has 1 saturated heterocycles. The lowest BCUT2D eigenvalue weighted by Crippen LogP contribution is -2.45. The van der Waals surface area contributed by atoms with Crippen LogP contribution in [0.25, 0.3) is 10.2 Å². The lowest BCUT2D eigenvalue weighted by Gasteiger charge is -2.36. The van der Waals surface area contributed by atoms with Crippen molar-refractivity contribution in [3.8, 4) is 0 Å². The highest BCUT2D eigenvalue weighted by Crippen LogP contribution is 2.29. The zero-order valence-corrected chi connectivity index (χ0v) is 18.1. The van der Waals surface area contributed by atoms with Gasteiger partial charge in [0.25, 0.3) is 5.56 Å². The van der Waals surface area contributed by atoms with Gasteiger partial charge in [-0.15, -0.1) is 11.3 Å². The van der Waals surface area contributed by atoms with Crippen LogP contribution in [0.4, 0.5) is 0 Å². The molecular weight excluding hydrogens is 376 g/mol. The fourth-order valence-electron chi connectivity index (χ4n) is 3.85. The van der Waals surface area contributed by atoms with Crippen LogP contribution >= 0.6 is 11.3 Å². The van der Waals surface area contributed by atoms with Crippen LogP contribution in [0.15, 0.2) is 4.79 Å². The molecule has 1 fully saturated rings. The lowest BCUT2D eigenvalue weighted by molar-refractivity contribution is 0.0531. The average Bonchev–Trinajstić information content (AvgIpc) is 2.98. The summed E-state index contributed by atoms with van der Waals surface area (Å²) < 4.78 is 5.11. The highest BCUT2D eigenvalue weighted by Gasteiger charge is 2.26. The quantitative estimate of drug-likeness (QED) is 0.717. The predicted octanol–water partition coefficient (Wildman–Crippen LogP) is 2.99. The monoisotopic (exact) mass is 406 g/mol. The van der Waals surface area contributed by atoms with Gasteiger partial charge in [-0.3, -0.25) is 9.69 Å². The van der Waals surface area contributed by atoms with Crippen molar-refractivity contribution in [3.05, 3.63) is 26.6 Å². The standard InChI is InChI=1S/C20H30N4O3S/c1-6-27-20(26)16-12(4)15-18(25)22-17(23-19(15)28-16)13(5)24-9-7-14(8-10-24)21-11(2)3/h11,13-14,21H,6-10H2,1-5H3,(H,22,23,25). The van der Waals surface area contributed by atoms with Crippen molar-refractivity contribution in [2.75, 3.05) is 19.7 Å². The fourth-order valence-corrected chi connectivity index (χ4v) is 4.93. The summed E-state index contributed by atoms with van der Waals surface area (Å²) >= 11 is 1.24. The van der Waals surface area contributed by atoms with Crippen molar-refractivity contribution >= 4 is 27.5 Å². The molecule has 0 bridgehead atoms. The first kappa shape index (κ1) is 21.0. The largest absolute Gasteiger partial charge is 0.462 e. The number of thiophene rings is 1. The molecule has 0 radical (unpaired) electrons. The first-order valence-corrected chi connectivity index (χ1v) is 10.8. The van der Waals surface area contributed by atoms with Crippen molar-refractivity contribution in [3.63, 3.8) is 0 Å². The number of H-pyrrole nitrogens is 1. The summed E-state index contributed by atoms with van der Waals surface area (Å²) in [5.74, 6) is 0.265. The predicted molar refractivity (Wildman–Crippen MR) is 112 cm³/mol. The molecule has 2 aromatic heterocycles. The summed E-state index contributed by atoms with van der Waals surface area (Å²) in [5.41, 5.74) is 0.458. The van der Waals surface area contributed by atoms with E-state index in [0.717, 1.165) is 25.9 Å². The number of likely N-dealkylation sites (tertiary alicyclic amines) is 1. The van der Waals surface area contributed by atoms with E-state index in [4.69, 9.17) is 9.72 Å². The van der Waals surface area contributed by atoms with Crippen LogP contribution < -0.4 is 10.9 Å². The summed E-state index contributed by atoms with van der Waals surface area (Å²) in [7, 11) is 0. The molecule has 2 aromatic rings. The molecule has 0 saturated carbocycles. The molecule has 7 nitrogen and oxygen atoms in total. The third-order valence-electron chi connectivity index (χ3n) is 5.32. The number of ether oxygens (including phenoxy) is 1. The molecule has 1 aliphatic rings. The number of nitrogens with one attached hydrogen (secondary N) is 2. The van der Waals surface area contributed by atoms with Crippen LogP contribution in [0.2, 0.25) is 0 Å². The van der Waals surface area contributed by atoms with Gasteiger partial charge in [-0.2, -0.15) is 0 Å². The second kappa shape index (κ2) is 8.71. The second-order valence-corrected chi connectivity index (χ2v) is 8.71. The van der Waals surface area contributed by atoms with Crippen LogP contribution in [0.1, 0.15) is 67.6 Å². The van der Waals surface area contributed by atoms with E-state index in [1.807, 2.05) is 0 Å². The van der Waals surface area contributed by atoms with Gasteiger partial charge in [0.05, 0.1) is 18.0 Å². The molecule has 1 unspecified atom stereocenters. The van der Waals surface area contributed by atoms with Gasteiger partial charge < -0.3 is 15.0 Å². The first-order chi connectivity index (χ1) is 13.3. The summed E-state index contributed by atoms with van der Waals surface area (Å²) in [6, 6.07) is 1.06. The van der Waals surface area contributed by atoms with Gasteiger partial charge >= 0.3 is 5.97 Å². The zero-order chi connectivity index (χ0) is 20.4. The Hall–Kier alpha value is -1.77. The molecule has 8 heteroatoms. The fraction of sp³-hybridized carbons (Fsp3) is 0.650. The number of aryl methyl sites for hydroxylation is 1. The van der Waals surface area contributed by atoms with Crippen molar-refractivity contribution < 1.29 is 9.53 Å². The highest BCUT2D eigenvalue weighted by atomic mass is 32.1. The van der Waals surface area contributed by atoms with Crippen molar-refractivity contribution in [1.29, 1.82) is 0 Å². The number of esters is 1. The topological polar surface area (TPSA) is 87.3 Å². The summed E-state index contributed by atoms with van der Waals surface area (Å²) in [6.45, 7) is 12.2. The maximum absolute atomic E-state index is 12.7. The number of carbonyl (C=O) groups is 1. The molecule has 1 atom stereocenters. The molecule has 2 N–H and O–H groups in total. The van der Waals surface area contributed by atoms with Crippen LogP contribution in [0, 0.1) is 6.92 Å². The van der Waals surface area contributed by atoms with E-state index in [2.05, 4.69) is 36.0 Å². The van der Waals surface area contributed by atoms with Gasteiger partial charge in [0, 0.05) is 25.2 Å². The van der Waals surface area contributed by atoms with E-state index in [0.29, 0.717) is 45.2 Å². The molecule has 28 heavy (non-hydrogen) atoms. The third kappa shape index (κ3) is 4.29. The Kier molecular flexibility index (Phi) is 6.52. The number of nitrogens with zero attached hydrogens (tertiary/aromatic N) is 2. The smallest absolute Gasteiger partial charge is 0.348 e. The molecule has 0 aromatic carbocycles. The molecular formula is C20H30N4O3S. The second-order valence-electron chi connectivity index (χ2n) is 7.72. The van der Waals surface area contributed by atoms with Crippen LogP contribution in [0.5, 0.6) is 0 Å². The molecule has 3 heterocycles. The summed E-state index contributed by atoms with van der Waals surface area (Å²) in [4.78, 5) is 35.9. The minimum Gasteiger partial charge on any atom is -0.462 e. The number of hydrogen-bond acceptors (Lipinski definition) is 7. The summed E-state index contributed by atoms with van der Waals surface area (Å²) in [6.07, 6.45) is 2.17. The Morgan fingerprint density at radius 1 is 1.36 bits per heavy atom. The van der Waals surface area contributed by atoms with Crippen molar-refractivity contribution in [1.82, 2.24) is 20.2 Å². The molecule has 0 amide bonds. The van der Waals surface area contributed by atoms with E-state index in [-0.39, 0.29) is 11.6 Å². The van der Waals surface area contributed by atoms with E-state index >= 15 is 0 Å². The van der Waals surface area contributed by atoms with E-state index in [1.54, 1.807) is 13.8 Å². The normalized spacial score (nSPS) is 17.4. The lowest BCUT2D eigenvalue weighted by atomic mass is 10.0. The minimum atomic E-state index is -0.392. The Bertz CT molecular complexity index is 897. The van der Waals surface area contributed by atoms with Gasteiger partial charge in [-0.05, 0) is 39.2 Å². The number of aromatic nitrogens is 2. The van der Waals surface area contributed by atoms with Crippen LogP contribution in [-0.2, 0) is 4.74 Å². The minimum absolute atomic E-state index is 0.0190. The van der Waals surface area contributed by atoms with Gasteiger partial charge in [0.1, 0.15) is 15.5 Å². The Morgan fingerprint density at radius 3 is 2.64 bits per heavy atom. The Labute approximate surface area is 169 Å². The molecule has 154 valence electrons. The molecule has 3 rings (SSSR count). The average molecular weight is 407 g/mol. The number of piperidine rings is 1. The maximum atomic E-state index is 12.7. The van der Waals surface area contributed by atoms with E-state index in [1.165, 1.54) is 11.3 Å². The van der Waals surface area contributed by atoms with Gasteiger partial charge in [-0.25, -0.2) is 9.78 Å². The molecule has 0 spiro atoms. The van der Waals surface area contributed by atoms with Crippen molar-refractivity contribution in [2.45, 2.75) is 65.6 Å². The van der Waals surface area contributed by atoms with E-state index < -0.39 is 5.97 Å². The maximum Gasteiger partial charge on any atom is 0.348 e. The van der Waals surface area contributed by atoms with Crippen LogP contribution in [-0.4, -0.2) is 52.6 Å². The SMILES string of the molecule is CCOC(=O)c1sc2nc(C(C)N3CCC(NC(C)C)CC3)[nH]c(=O)c2c1C. The van der Waals surface area contributed by atoms with E-state index in [9.17, 15) is 9.59 Å².